The van der Waals surface area contributed by atoms with E-state index in [4.69, 9.17) is 9.47 Å². The normalized spacial score (nSPS) is 46.7. The van der Waals surface area contributed by atoms with Crippen molar-refractivity contribution >= 4 is 11.6 Å². The zero-order chi connectivity index (χ0) is 13.3. The van der Waals surface area contributed by atoms with Crippen molar-refractivity contribution in [3.05, 3.63) is 0 Å². The molecule has 3 aliphatic carbocycles. The van der Waals surface area contributed by atoms with Gasteiger partial charge < -0.3 is 9.47 Å². The molecule has 18 heavy (non-hydrogen) atoms. The number of carbonyl (C=O) groups is 2. The highest BCUT2D eigenvalue weighted by molar-refractivity contribution is 5.99. The maximum Gasteiger partial charge on any atom is 0.233 e. The van der Waals surface area contributed by atoms with Crippen LogP contribution in [0.3, 0.4) is 0 Å². The molecule has 3 fully saturated rings. The van der Waals surface area contributed by atoms with Crippen LogP contribution in [0.25, 0.3) is 0 Å². The average Bonchev–Trinajstić information content (AvgIpc) is 2.87. The van der Waals surface area contributed by atoms with E-state index in [9.17, 15) is 14.9 Å². The lowest BCUT2D eigenvalue weighted by Crippen LogP contribution is -2.47. The Morgan fingerprint density at radius 2 is 2.06 bits per heavy atom. The molecule has 5 nitrogen and oxygen atoms in total. The highest BCUT2D eigenvalue weighted by atomic mass is 16.7. The maximum absolute atomic E-state index is 12.4. The topological polar surface area (TPSA) is 76.4 Å². The van der Waals surface area contributed by atoms with Crippen molar-refractivity contribution < 1.29 is 19.1 Å². The van der Waals surface area contributed by atoms with Gasteiger partial charge in [0.05, 0.1) is 11.5 Å². The molecule has 0 bridgehead atoms. The Balaban J connectivity index is 2.10. The van der Waals surface area contributed by atoms with Crippen molar-refractivity contribution in [1.29, 1.82) is 5.26 Å². The molecule has 96 valence electrons. The Morgan fingerprint density at radius 3 is 2.44 bits per heavy atom. The second-order valence-corrected chi connectivity index (χ2v) is 5.49. The average molecular weight is 249 g/mol. The largest absolute Gasteiger partial charge is 0.347 e. The minimum atomic E-state index is -1.32. The number of methoxy groups -OCH3 is 2. The number of rotatable bonds is 3. The number of fused-ring (bicyclic) bond motifs is 1. The van der Waals surface area contributed by atoms with Crippen molar-refractivity contribution in [3.63, 3.8) is 0 Å². The highest BCUT2D eigenvalue weighted by Gasteiger charge is 2.89. The molecular weight excluding hydrogens is 234 g/mol. The lowest BCUT2D eigenvalue weighted by molar-refractivity contribution is -0.225. The molecule has 0 aromatic carbocycles. The number of carbonyl (C=O) groups excluding carboxylic acids is 2. The number of nitrogens with zero attached hydrogens (tertiary/aromatic N) is 1. The van der Waals surface area contributed by atoms with E-state index in [1.165, 1.54) is 21.1 Å². The second kappa shape index (κ2) is 3.19. The lowest BCUT2D eigenvalue weighted by atomic mass is 9.88. The summed E-state index contributed by atoms with van der Waals surface area (Å²) in [5.41, 5.74) is -0.723. The summed E-state index contributed by atoms with van der Waals surface area (Å²) in [6, 6.07) is 2.28. The summed E-state index contributed by atoms with van der Waals surface area (Å²) >= 11 is 0. The molecule has 0 spiro atoms. The van der Waals surface area contributed by atoms with Crippen LogP contribution in [-0.4, -0.2) is 31.6 Å². The fraction of sp³-hybridized carbons (Fsp3) is 0.769. The van der Waals surface area contributed by atoms with Crippen LogP contribution >= 0.6 is 0 Å². The monoisotopic (exact) mass is 249 g/mol. The molecule has 0 unspecified atom stereocenters. The van der Waals surface area contributed by atoms with Crippen molar-refractivity contribution in [1.82, 2.24) is 0 Å². The molecule has 0 radical (unpaired) electrons. The van der Waals surface area contributed by atoms with Gasteiger partial charge in [-0.2, -0.15) is 5.26 Å². The number of hydrogen-bond donors (Lipinski definition) is 0. The summed E-state index contributed by atoms with van der Waals surface area (Å²) in [5, 5.41) is 9.46. The van der Waals surface area contributed by atoms with E-state index < -0.39 is 11.2 Å². The van der Waals surface area contributed by atoms with Gasteiger partial charge in [-0.25, -0.2) is 0 Å². The molecule has 0 aromatic heterocycles. The Bertz CT molecular complexity index is 490. The molecule has 0 heterocycles. The smallest absolute Gasteiger partial charge is 0.233 e. The highest BCUT2D eigenvalue weighted by Crippen LogP contribution is 2.80. The van der Waals surface area contributed by atoms with Crippen LogP contribution in [-0.2, 0) is 19.1 Å². The molecule has 5 heteroatoms. The molecular formula is C13H15NO4. The number of nitriles is 1. The van der Waals surface area contributed by atoms with Crippen LogP contribution in [0, 0.1) is 40.4 Å². The number of ketones is 2. The van der Waals surface area contributed by atoms with E-state index in [2.05, 4.69) is 6.07 Å². The van der Waals surface area contributed by atoms with Crippen LogP contribution in [0.5, 0.6) is 0 Å². The van der Waals surface area contributed by atoms with Crippen LogP contribution in [0.4, 0.5) is 0 Å². The summed E-state index contributed by atoms with van der Waals surface area (Å²) in [6.45, 7) is 1.53. The van der Waals surface area contributed by atoms with Gasteiger partial charge in [0.2, 0.25) is 5.79 Å². The molecule has 0 aliphatic heterocycles. The number of ether oxygens (including phenoxy) is 2. The Hall–Kier alpha value is -1.25. The molecule has 3 aliphatic rings. The minimum absolute atomic E-state index is 0.0560. The van der Waals surface area contributed by atoms with Gasteiger partial charge in [-0.1, -0.05) is 0 Å². The Morgan fingerprint density at radius 1 is 1.44 bits per heavy atom. The van der Waals surface area contributed by atoms with Crippen molar-refractivity contribution in [2.24, 2.45) is 29.1 Å². The van der Waals surface area contributed by atoms with E-state index in [1.807, 2.05) is 0 Å². The number of hydrogen-bond acceptors (Lipinski definition) is 5. The Labute approximate surface area is 105 Å². The lowest BCUT2D eigenvalue weighted by Gasteiger charge is -2.32. The van der Waals surface area contributed by atoms with Gasteiger partial charge in [0.25, 0.3) is 0 Å². The third-order valence-electron chi connectivity index (χ3n) is 5.22. The molecule has 5 atom stereocenters. The van der Waals surface area contributed by atoms with E-state index in [0.29, 0.717) is 6.42 Å². The third-order valence-corrected chi connectivity index (χ3v) is 5.22. The molecule has 3 saturated carbocycles. The van der Waals surface area contributed by atoms with Gasteiger partial charge in [-0.05, 0) is 19.3 Å². The number of Topliss-reactive ketones (excluding diaryl/α,β-unsaturated/α-hetero) is 2. The third kappa shape index (κ3) is 0.897. The second-order valence-electron chi connectivity index (χ2n) is 5.49. The van der Waals surface area contributed by atoms with Gasteiger partial charge in [0, 0.05) is 32.0 Å². The SMILES string of the molecule is COC1(OC)C(=O)[C@@H]2[C@@H]3[C@@H](C(C)=O)C[C@H]1[C@@]32C#N. The van der Waals surface area contributed by atoms with Gasteiger partial charge in [-0.15, -0.1) is 0 Å². The van der Waals surface area contributed by atoms with Crippen LogP contribution in [0.2, 0.25) is 0 Å². The van der Waals surface area contributed by atoms with E-state index in [1.54, 1.807) is 0 Å². The van der Waals surface area contributed by atoms with Crippen LogP contribution in [0.15, 0.2) is 0 Å². The minimum Gasteiger partial charge on any atom is -0.347 e. The first-order chi connectivity index (χ1) is 8.51. The fourth-order valence-electron chi connectivity index (χ4n) is 4.49. The first-order valence-electron chi connectivity index (χ1n) is 6.07. The molecule has 0 N–H and O–H groups in total. The summed E-state index contributed by atoms with van der Waals surface area (Å²) in [6.07, 6.45) is 0.511. The fourth-order valence-corrected chi connectivity index (χ4v) is 4.49. The van der Waals surface area contributed by atoms with Gasteiger partial charge >= 0.3 is 0 Å². The summed E-state index contributed by atoms with van der Waals surface area (Å²) < 4.78 is 10.6. The van der Waals surface area contributed by atoms with Crippen LogP contribution in [0.1, 0.15) is 13.3 Å². The van der Waals surface area contributed by atoms with Crippen molar-refractivity contribution in [2.45, 2.75) is 19.1 Å². The molecule has 3 rings (SSSR count). The summed E-state index contributed by atoms with van der Waals surface area (Å²) in [7, 11) is 2.85. The van der Waals surface area contributed by atoms with Crippen molar-refractivity contribution in [2.75, 3.05) is 14.2 Å². The predicted octanol–water partition coefficient (Wildman–Crippen LogP) is 0.539. The molecule has 0 aromatic rings. The summed E-state index contributed by atoms with van der Waals surface area (Å²) in [5.74, 6) is -2.43. The maximum atomic E-state index is 12.4. The zero-order valence-corrected chi connectivity index (χ0v) is 10.6. The Kier molecular flexibility index (Phi) is 2.10. The zero-order valence-electron chi connectivity index (χ0n) is 10.6. The standard InChI is InChI=1S/C13H15NO4/c1-6(15)7-4-8-12(5-14)9(7)10(12)11(16)13(8,17-2)18-3/h7-10H,4H2,1-3H3/t7-,8+,9+,10+,12+/m1/s1. The quantitative estimate of drug-likeness (QED) is 0.682. The van der Waals surface area contributed by atoms with E-state index in [-0.39, 0.29) is 35.2 Å². The van der Waals surface area contributed by atoms with Gasteiger partial charge in [-0.3, -0.25) is 9.59 Å². The molecule has 0 saturated heterocycles. The van der Waals surface area contributed by atoms with E-state index in [0.717, 1.165) is 0 Å². The van der Waals surface area contributed by atoms with E-state index >= 15 is 0 Å². The predicted molar refractivity (Wildman–Crippen MR) is 59.1 cm³/mol. The first-order valence-corrected chi connectivity index (χ1v) is 6.07. The van der Waals surface area contributed by atoms with Crippen LogP contribution < -0.4 is 0 Å². The first kappa shape index (κ1) is 11.8. The van der Waals surface area contributed by atoms with Crippen molar-refractivity contribution in [3.8, 4) is 6.07 Å². The van der Waals surface area contributed by atoms with Gasteiger partial charge in [0.15, 0.2) is 5.78 Å². The summed E-state index contributed by atoms with van der Waals surface area (Å²) in [4.78, 5) is 24.1. The van der Waals surface area contributed by atoms with Gasteiger partial charge in [0.1, 0.15) is 5.78 Å². The molecule has 0 amide bonds.